The molecule has 2 aromatic carbocycles. The molecule has 0 aliphatic carbocycles. The summed E-state index contributed by atoms with van der Waals surface area (Å²) in [4.78, 5) is 1.05. The maximum Gasteiger partial charge on any atom is 0.192 e. The van der Waals surface area contributed by atoms with Crippen LogP contribution in [0.2, 0.25) is 0 Å². The number of alkyl halides is 2. The van der Waals surface area contributed by atoms with E-state index in [2.05, 4.69) is 0 Å². The normalized spacial score (nSPS) is 11.4. The van der Waals surface area contributed by atoms with Crippen molar-refractivity contribution in [3.8, 4) is 0 Å². The van der Waals surface area contributed by atoms with Crippen LogP contribution in [0.5, 0.6) is 0 Å². The van der Waals surface area contributed by atoms with Gasteiger partial charge in [0.05, 0.1) is 0 Å². The highest BCUT2D eigenvalue weighted by Gasteiger charge is 2.27. The topological polar surface area (TPSA) is 0 Å². The predicted molar refractivity (Wildman–Crippen MR) is 72.1 cm³/mol. The van der Waals surface area contributed by atoms with Crippen molar-refractivity contribution >= 4 is 35.0 Å². The van der Waals surface area contributed by atoms with Crippen LogP contribution in [0, 0.1) is 0 Å². The Kier molecular flexibility index (Phi) is 3.80. The Balaban J connectivity index is 2.21. The lowest BCUT2D eigenvalue weighted by molar-refractivity contribution is 1.25. The predicted octanol–water partition coefficient (Wildman–Crippen LogP) is 5.07. The van der Waals surface area contributed by atoms with Gasteiger partial charge in [0.2, 0.25) is 0 Å². The van der Waals surface area contributed by atoms with E-state index < -0.39 is 3.67 Å². The largest absolute Gasteiger partial charge is 0.192 e. The van der Waals surface area contributed by atoms with Gasteiger partial charge in [-0.1, -0.05) is 83.5 Å². The van der Waals surface area contributed by atoms with Crippen molar-refractivity contribution in [2.75, 3.05) is 0 Å². The quantitative estimate of drug-likeness (QED) is 0.554. The van der Waals surface area contributed by atoms with Gasteiger partial charge in [0.15, 0.2) is 3.67 Å². The summed E-state index contributed by atoms with van der Waals surface area (Å²) in [5.74, 6) is 0. The van der Waals surface area contributed by atoms with E-state index in [0.29, 0.717) is 0 Å². The number of halogens is 2. The van der Waals surface area contributed by atoms with Crippen LogP contribution in [0.15, 0.2) is 65.6 Å². The molecule has 0 atom stereocenters. The molecule has 0 saturated heterocycles. The van der Waals surface area contributed by atoms with Crippen LogP contribution in [-0.4, -0.2) is 0 Å². The van der Waals surface area contributed by atoms with E-state index in [0.717, 1.165) is 10.5 Å². The summed E-state index contributed by atoms with van der Waals surface area (Å²) in [5.41, 5.74) is 0.896. The third-order valence-electron chi connectivity index (χ3n) is 2.10. The molecule has 16 heavy (non-hydrogen) atoms. The Bertz CT molecular complexity index is 440. The van der Waals surface area contributed by atoms with Crippen LogP contribution in [0.1, 0.15) is 5.56 Å². The fourth-order valence-corrected chi connectivity index (χ4v) is 2.96. The Morgan fingerprint density at radius 3 is 1.81 bits per heavy atom. The van der Waals surface area contributed by atoms with Gasteiger partial charge in [-0.05, 0) is 17.7 Å². The van der Waals surface area contributed by atoms with Gasteiger partial charge in [-0.3, -0.25) is 0 Å². The van der Waals surface area contributed by atoms with Crippen LogP contribution < -0.4 is 0 Å². The molecule has 2 rings (SSSR count). The van der Waals surface area contributed by atoms with Crippen molar-refractivity contribution in [3.63, 3.8) is 0 Å². The fourth-order valence-electron chi connectivity index (χ4n) is 1.33. The van der Waals surface area contributed by atoms with Gasteiger partial charge in [-0.15, -0.1) is 0 Å². The number of hydrogen-bond donors (Lipinski definition) is 0. The van der Waals surface area contributed by atoms with Crippen molar-refractivity contribution in [1.82, 2.24) is 0 Å². The van der Waals surface area contributed by atoms with Crippen molar-refractivity contribution in [1.29, 1.82) is 0 Å². The van der Waals surface area contributed by atoms with Gasteiger partial charge in [-0.2, -0.15) is 0 Å². The molecule has 0 saturated carbocycles. The van der Waals surface area contributed by atoms with E-state index in [1.807, 2.05) is 60.7 Å². The number of hydrogen-bond acceptors (Lipinski definition) is 1. The average molecular weight is 269 g/mol. The van der Waals surface area contributed by atoms with Gasteiger partial charge in [0, 0.05) is 4.90 Å². The van der Waals surface area contributed by atoms with E-state index in [4.69, 9.17) is 23.2 Å². The Hall–Kier alpha value is -0.630. The number of thioether (sulfide) groups is 1. The monoisotopic (exact) mass is 268 g/mol. The first-order chi connectivity index (χ1) is 7.68. The third kappa shape index (κ3) is 2.94. The zero-order chi connectivity index (χ0) is 11.4. The molecule has 0 heterocycles. The highest BCUT2D eigenvalue weighted by molar-refractivity contribution is 8.02. The van der Waals surface area contributed by atoms with Crippen LogP contribution in [0.25, 0.3) is 0 Å². The minimum Gasteiger partial charge on any atom is -0.0836 e. The molecule has 2 aromatic rings. The first-order valence-electron chi connectivity index (χ1n) is 4.86. The van der Waals surface area contributed by atoms with E-state index in [1.54, 1.807) is 0 Å². The first kappa shape index (κ1) is 11.8. The standard InChI is InChI=1S/C13H10Cl2S/c14-13(15,11-7-3-1-4-8-11)16-12-9-5-2-6-10-12/h1-10H. The minimum atomic E-state index is -0.942. The SMILES string of the molecule is ClC(Cl)(Sc1ccccc1)c1ccccc1. The second-order valence-corrected chi connectivity index (χ2v) is 6.36. The zero-order valence-corrected chi connectivity index (χ0v) is 10.8. The average Bonchev–Trinajstić information content (AvgIpc) is 2.31. The molecule has 0 nitrogen and oxygen atoms in total. The molecular formula is C13H10Cl2S. The van der Waals surface area contributed by atoms with E-state index >= 15 is 0 Å². The molecule has 0 aromatic heterocycles. The first-order valence-corrected chi connectivity index (χ1v) is 6.43. The smallest absolute Gasteiger partial charge is 0.0836 e. The van der Waals surface area contributed by atoms with Gasteiger partial charge in [0.25, 0.3) is 0 Å². The molecule has 0 amide bonds. The van der Waals surface area contributed by atoms with Gasteiger partial charge < -0.3 is 0 Å². The van der Waals surface area contributed by atoms with Gasteiger partial charge in [-0.25, -0.2) is 0 Å². The Morgan fingerprint density at radius 1 is 0.750 bits per heavy atom. The molecule has 0 spiro atoms. The zero-order valence-electron chi connectivity index (χ0n) is 8.44. The summed E-state index contributed by atoms with van der Waals surface area (Å²) in [6, 6.07) is 19.6. The molecule has 82 valence electrons. The van der Waals surface area contributed by atoms with E-state index in [-0.39, 0.29) is 0 Å². The molecule has 0 fully saturated rings. The molecule has 0 radical (unpaired) electrons. The molecular weight excluding hydrogens is 259 g/mol. The van der Waals surface area contributed by atoms with E-state index in [9.17, 15) is 0 Å². The van der Waals surface area contributed by atoms with Crippen molar-refractivity contribution < 1.29 is 0 Å². The lowest BCUT2D eigenvalue weighted by atomic mass is 10.2. The van der Waals surface area contributed by atoms with Gasteiger partial charge >= 0.3 is 0 Å². The number of benzene rings is 2. The summed E-state index contributed by atoms with van der Waals surface area (Å²) in [5, 5.41) is 0. The van der Waals surface area contributed by atoms with Crippen LogP contribution in [-0.2, 0) is 3.67 Å². The van der Waals surface area contributed by atoms with Crippen molar-refractivity contribution in [2.24, 2.45) is 0 Å². The minimum absolute atomic E-state index is 0.896. The summed E-state index contributed by atoms with van der Waals surface area (Å²) in [6.45, 7) is 0. The van der Waals surface area contributed by atoms with Crippen molar-refractivity contribution in [2.45, 2.75) is 8.56 Å². The lowest BCUT2D eigenvalue weighted by Gasteiger charge is -2.19. The lowest BCUT2D eigenvalue weighted by Crippen LogP contribution is -2.03. The second kappa shape index (κ2) is 5.13. The van der Waals surface area contributed by atoms with Crippen LogP contribution in [0.4, 0.5) is 0 Å². The Labute approximate surface area is 110 Å². The Morgan fingerprint density at radius 2 is 1.25 bits per heavy atom. The summed E-state index contributed by atoms with van der Waals surface area (Å²) in [7, 11) is 0. The maximum absolute atomic E-state index is 6.32. The molecule has 0 aliphatic rings. The van der Waals surface area contributed by atoms with E-state index in [1.165, 1.54) is 11.8 Å². The molecule has 0 unspecified atom stereocenters. The summed E-state index contributed by atoms with van der Waals surface area (Å²) in [6.07, 6.45) is 0. The molecule has 0 bridgehead atoms. The highest BCUT2D eigenvalue weighted by atomic mass is 35.5. The van der Waals surface area contributed by atoms with Crippen LogP contribution in [0.3, 0.4) is 0 Å². The maximum atomic E-state index is 6.32. The molecule has 3 heteroatoms. The molecule has 0 N–H and O–H groups in total. The molecule has 0 aliphatic heterocycles. The van der Waals surface area contributed by atoms with Crippen molar-refractivity contribution in [3.05, 3.63) is 66.2 Å². The fraction of sp³-hybridized carbons (Fsp3) is 0.0769. The van der Waals surface area contributed by atoms with Crippen LogP contribution >= 0.6 is 35.0 Å². The highest BCUT2D eigenvalue weighted by Crippen LogP contribution is 2.48. The van der Waals surface area contributed by atoms with Gasteiger partial charge in [0.1, 0.15) is 0 Å². The number of rotatable bonds is 3. The summed E-state index contributed by atoms with van der Waals surface area (Å²) < 4.78 is -0.942. The second-order valence-electron chi connectivity index (χ2n) is 3.30. The third-order valence-corrected chi connectivity index (χ3v) is 4.00. The summed E-state index contributed by atoms with van der Waals surface area (Å²) >= 11 is 14.1.